The molecule has 2 aromatic heterocycles. The van der Waals surface area contributed by atoms with Gasteiger partial charge in [0.15, 0.2) is 5.16 Å². The van der Waals surface area contributed by atoms with Gasteiger partial charge >= 0.3 is 0 Å². The van der Waals surface area contributed by atoms with Gasteiger partial charge in [0.2, 0.25) is 5.91 Å². The molecule has 1 aromatic carbocycles. The Labute approximate surface area is 164 Å². The largest absolute Gasteiger partial charge is 0.345 e. The summed E-state index contributed by atoms with van der Waals surface area (Å²) in [6.45, 7) is 2.76. The molecule has 0 spiro atoms. The van der Waals surface area contributed by atoms with Crippen LogP contribution in [-0.4, -0.2) is 39.7 Å². The average molecular weight is 406 g/mol. The molecule has 3 aromatic rings. The van der Waals surface area contributed by atoms with Crippen LogP contribution in [0, 0.1) is 5.82 Å². The zero-order chi connectivity index (χ0) is 19.4. The SMILES string of the molecule is CCCCN(C)C(=O)CSc1nc2ccsc2c(=O)n1-c1ccccc1F. The predicted octanol–water partition coefficient (Wildman–Crippen LogP) is 3.94. The summed E-state index contributed by atoms with van der Waals surface area (Å²) in [4.78, 5) is 31.5. The molecular formula is C19H20FN3O2S2. The van der Waals surface area contributed by atoms with Gasteiger partial charge in [-0.2, -0.15) is 0 Å². The lowest BCUT2D eigenvalue weighted by molar-refractivity contribution is -0.127. The molecule has 0 aliphatic carbocycles. The number of thiophene rings is 1. The van der Waals surface area contributed by atoms with Gasteiger partial charge in [0.05, 0.1) is 17.0 Å². The normalized spacial score (nSPS) is 11.1. The monoisotopic (exact) mass is 405 g/mol. The number of hydrogen-bond acceptors (Lipinski definition) is 5. The summed E-state index contributed by atoms with van der Waals surface area (Å²) in [7, 11) is 1.76. The van der Waals surface area contributed by atoms with Crippen molar-refractivity contribution < 1.29 is 9.18 Å². The van der Waals surface area contributed by atoms with Crippen molar-refractivity contribution in [1.29, 1.82) is 0 Å². The van der Waals surface area contributed by atoms with E-state index in [2.05, 4.69) is 11.9 Å². The zero-order valence-corrected chi connectivity index (χ0v) is 16.8. The van der Waals surface area contributed by atoms with Crippen molar-refractivity contribution in [2.24, 2.45) is 0 Å². The first-order chi connectivity index (χ1) is 13.0. The Balaban J connectivity index is 1.97. The molecule has 0 unspecified atom stereocenters. The number of para-hydroxylation sites is 1. The van der Waals surface area contributed by atoms with E-state index in [0.717, 1.165) is 24.6 Å². The Bertz CT molecular complexity index is 1020. The third-order valence-corrected chi connectivity index (χ3v) is 5.96. The van der Waals surface area contributed by atoms with E-state index >= 15 is 0 Å². The van der Waals surface area contributed by atoms with Crippen molar-refractivity contribution in [2.75, 3.05) is 19.3 Å². The predicted molar refractivity (Wildman–Crippen MR) is 108 cm³/mol. The first kappa shape index (κ1) is 19.6. The fourth-order valence-corrected chi connectivity index (χ4v) is 4.30. The Morgan fingerprint density at radius 1 is 1.33 bits per heavy atom. The molecule has 0 fully saturated rings. The van der Waals surface area contributed by atoms with Gasteiger partial charge in [-0.25, -0.2) is 9.37 Å². The highest BCUT2D eigenvalue weighted by atomic mass is 32.2. The van der Waals surface area contributed by atoms with E-state index in [1.165, 1.54) is 28.0 Å². The van der Waals surface area contributed by atoms with Crippen LogP contribution in [0.15, 0.2) is 45.7 Å². The zero-order valence-electron chi connectivity index (χ0n) is 15.1. The van der Waals surface area contributed by atoms with Gasteiger partial charge in [0, 0.05) is 13.6 Å². The minimum Gasteiger partial charge on any atom is -0.345 e. The van der Waals surface area contributed by atoms with Crippen molar-refractivity contribution in [3.63, 3.8) is 0 Å². The Morgan fingerprint density at radius 3 is 2.85 bits per heavy atom. The molecule has 3 rings (SSSR count). The molecule has 0 radical (unpaired) electrons. The van der Waals surface area contributed by atoms with Crippen molar-refractivity contribution in [3.05, 3.63) is 51.9 Å². The molecule has 0 bridgehead atoms. The Kier molecular flexibility index (Phi) is 6.28. The maximum absolute atomic E-state index is 14.4. The van der Waals surface area contributed by atoms with Crippen LogP contribution in [0.2, 0.25) is 0 Å². The third-order valence-electron chi connectivity index (χ3n) is 4.14. The van der Waals surface area contributed by atoms with Crippen LogP contribution in [0.25, 0.3) is 15.9 Å². The van der Waals surface area contributed by atoms with Crippen molar-refractivity contribution in [2.45, 2.75) is 24.9 Å². The minimum absolute atomic E-state index is 0.0480. The number of benzene rings is 1. The number of thioether (sulfide) groups is 1. The highest BCUT2D eigenvalue weighted by Crippen LogP contribution is 2.25. The summed E-state index contributed by atoms with van der Waals surface area (Å²) >= 11 is 2.42. The van der Waals surface area contributed by atoms with Crippen LogP contribution in [0.1, 0.15) is 19.8 Å². The fraction of sp³-hybridized carbons (Fsp3) is 0.316. The minimum atomic E-state index is -0.509. The molecule has 0 aliphatic rings. The highest BCUT2D eigenvalue weighted by molar-refractivity contribution is 7.99. The molecule has 0 saturated carbocycles. The number of hydrogen-bond donors (Lipinski definition) is 0. The second-order valence-corrected chi connectivity index (χ2v) is 7.94. The molecule has 1 amide bonds. The molecule has 0 saturated heterocycles. The van der Waals surface area contributed by atoms with Crippen LogP contribution < -0.4 is 5.56 Å². The average Bonchev–Trinajstić information content (AvgIpc) is 3.14. The van der Waals surface area contributed by atoms with E-state index in [1.807, 2.05) is 0 Å². The second kappa shape index (κ2) is 8.67. The maximum atomic E-state index is 14.4. The molecule has 8 heteroatoms. The van der Waals surface area contributed by atoms with Crippen LogP contribution in [-0.2, 0) is 4.79 Å². The van der Waals surface area contributed by atoms with Crippen LogP contribution in [0.4, 0.5) is 4.39 Å². The molecule has 2 heterocycles. The van der Waals surface area contributed by atoms with E-state index in [-0.39, 0.29) is 22.9 Å². The van der Waals surface area contributed by atoms with E-state index in [4.69, 9.17) is 0 Å². The van der Waals surface area contributed by atoms with Crippen molar-refractivity contribution in [1.82, 2.24) is 14.5 Å². The van der Waals surface area contributed by atoms with E-state index in [9.17, 15) is 14.0 Å². The van der Waals surface area contributed by atoms with Gasteiger partial charge in [0.25, 0.3) is 5.56 Å². The number of amides is 1. The first-order valence-electron chi connectivity index (χ1n) is 8.64. The Morgan fingerprint density at radius 2 is 2.11 bits per heavy atom. The van der Waals surface area contributed by atoms with Gasteiger partial charge in [-0.3, -0.25) is 14.2 Å². The van der Waals surface area contributed by atoms with Crippen molar-refractivity contribution >= 4 is 39.2 Å². The third kappa shape index (κ3) is 4.22. The van der Waals surface area contributed by atoms with E-state index < -0.39 is 5.82 Å². The van der Waals surface area contributed by atoms with E-state index in [0.29, 0.717) is 21.9 Å². The van der Waals surface area contributed by atoms with Gasteiger partial charge in [-0.05, 0) is 30.0 Å². The van der Waals surface area contributed by atoms with Crippen molar-refractivity contribution in [3.8, 4) is 5.69 Å². The summed E-state index contributed by atoms with van der Waals surface area (Å²) in [5.41, 5.74) is 0.376. The molecule has 0 aliphatic heterocycles. The molecule has 0 N–H and O–H groups in total. The molecule has 27 heavy (non-hydrogen) atoms. The number of nitrogens with zero attached hydrogens (tertiary/aromatic N) is 3. The quantitative estimate of drug-likeness (QED) is 0.441. The van der Waals surface area contributed by atoms with E-state index in [1.54, 1.807) is 35.5 Å². The molecule has 142 valence electrons. The number of aromatic nitrogens is 2. The Hall–Kier alpha value is -2.19. The lowest BCUT2D eigenvalue weighted by atomic mass is 10.3. The van der Waals surface area contributed by atoms with Crippen LogP contribution in [0.5, 0.6) is 0 Å². The standard InChI is InChI=1S/C19H20FN3O2S2/c1-3-4-10-22(2)16(24)12-27-19-21-14-9-11-26-17(14)18(25)23(19)15-8-6-5-7-13(15)20/h5-9,11H,3-4,10,12H2,1-2H3. The number of halogens is 1. The molecule has 5 nitrogen and oxygen atoms in total. The summed E-state index contributed by atoms with van der Waals surface area (Å²) in [5.74, 6) is -0.421. The summed E-state index contributed by atoms with van der Waals surface area (Å²) in [6, 6.07) is 7.84. The van der Waals surface area contributed by atoms with Gasteiger partial charge in [-0.1, -0.05) is 37.2 Å². The first-order valence-corrected chi connectivity index (χ1v) is 10.5. The maximum Gasteiger partial charge on any atom is 0.276 e. The number of rotatable bonds is 7. The topological polar surface area (TPSA) is 55.2 Å². The highest BCUT2D eigenvalue weighted by Gasteiger charge is 2.18. The second-order valence-electron chi connectivity index (χ2n) is 6.08. The summed E-state index contributed by atoms with van der Waals surface area (Å²) in [5, 5.41) is 2.09. The van der Waals surface area contributed by atoms with Crippen LogP contribution in [0.3, 0.4) is 0 Å². The van der Waals surface area contributed by atoms with Crippen LogP contribution >= 0.6 is 23.1 Å². The fourth-order valence-electron chi connectivity index (χ4n) is 2.59. The summed E-state index contributed by atoms with van der Waals surface area (Å²) < 4.78 is 16.1. The lowest BCUT2D eigenvalue weighted by Gasteiger charge is -2.17. The number of fused-ring (bicyclic) bond motifs is 1. The lowest BCUT2D eigenvalue weighted by Crippen LogP contribution is -2.29. The summed E-state index contributed by atoms with van der Waals surface area (Å²) in [6.07, 6.45) is 1.94. The molecular weight excluding hydrogens is 385 g/mol. The molecule has 0 atom stereocenters. The van der Waals surface area contributed by atoms with Gasteiger partial charge in [-0.15, -0.1) is 11.3 Å². The number of carbonyl (C=O) groups excluding carboxylic acids is 1. The number of unbranched alkanes of at least 4 members (excludes halogenated alkanes) is 1. The van der Waals surface area contributed by atoms with Gasteiger partial charge < -0.3 is 4.90 Å². The number of carbonyl (C=O) groups is 1. The smallest absolute Gasteiger partial charge is 0.276 e. The van der Waals surface area contributed by atoms with Gasteiger partial charge in [0.1, 0.15) is 10.5 Å².